The Hall–Kier alpha value is -1.51. The van der Waals surface area contributed by atoms with Crippen LogP contribution in [0, 0.1) is 0 Å². The Morgan fingerprint density at radius 2 is 1.72 bits per heavy atom. The summed E-state index contributed by atoms with van der Waals surface area (Å²) in [6, 6.07) is 6.22. The molecule has 0 saturated carbocycles. The standard InChI is InChI=1S/C15H23N3/c1-14(2,3)16-13-12-9-7-8-10-17(12)11-18(13)15(4,5)6/h7-11H,1-6H3. The molecule has 2 aromatic heterocycles. The number of imidazole rings is 1. The average Bonchev–Trinajstić information content (AvgIpc) is 2.55. The zero-order valence-electron chi connectivity index (χ0n) is 12.2. The van der Waals surface area contributed by atoms with E-state index in [1.165, 1.54) is 0 Å². The van der Waals surface area contributed by atoms with E-state index in [2.05, 4.69) is 75.2 Å². The first-order valence-electron chi connectivity index (χ1n) is 6.43. The number of fused-ring (bicyclic) bond motifs is 1. The van der Waals surface area contributed by atoms with Crippen LogP contribution in [0.1, 0.15) is 41.5 Å². The Bertz CT molecular complexity index is 553. The van der Waals surface area contributed by atoms with Gasteiger partial charge in [0.2, 0.25) is 0 Å². The minimum absolute atomic E-state index is 0.0239. The molecule has 0 aliphatic carbocycles. The predicted octanol–water partition coefficient (Wildman–Crippen LogP) is 3.79. The highest BCUT2D eigenvalue weighted by Gasteiger charge is 2.23. The lowest BCUT2D eigenvalue weighted by atomic mass is 10.1. The molecule has 0 aromatic carbocycles. The topological polar surface area (TPSA) is 22.4 Å². The predicted molar refractivity (Wildman–Crippen MR) is 75.4 cm³/mol. The third-order valence-corrected chi connectivity index (χ3v) is 2.75. The average molecular weight is 245 g/mol. The van der Waals surface area contributed by atoms with Crippen molar-refractivity contribution in [3.63, 3.8) is 0 Å². The van der Waals surface area contributed by atoms with Gasteiger partial charge in [0, 0.05) is 11.7 Å². The summed E-state index contributed by atoms with van der Waals surface area (Å²) in [5.41, 5.74) is 1.10. The van der Waals surface area contributed by atoms with Crippen molar-refractivity contribution >= 4 is 11.3 Å². The van der Waals surface area contributed by atoms with Gasteiger partial charge in [-0.25, -0.2) is 0 Å². The van der Waals surface area contributed by atoms with E-state index in [-0.39, 0.29) is 11.1 Å². The maximum absolute atomic E-state index is 4.89. The van der Waals surface area contributed by atoms with Crippen LogP contribution < -0.4 is 4.57 Å². The molecule has 0 aliphatic rings. The smallest absolute Gasteiger partial charge is 0.154 e. The normalized spacial score (nSPS) is 13.0. The molecule has 98 valence electrons. The molecule has 2 rings (SSSR count). The molecule has 0 spiro atoms. The van der Waals surface area contributed by atoms with Gasteiger partial charge >= 0.3 is 0 Å². The molecular formula is C15H23N3. The van der Waals surface area contributed by atoms with Gasteiger partial charge in [0.1, 0.15) is 0 Å². The molecule has 0 bridgehead atoms. The molecule has 0 unspecified atom stereocenters. The summed E-state index contributed by atoms with van der Waals surface area (Å²) in [5, 5.41) is 4.89. The van der Waals surface area contributed by atoms with Gasteiger partial charge in [-0.2, -0.15) is 0 Å². The summed E-state index contributed by atoms with van der Waals surface area (Å²) < 4.78 is 4.38. The second-order valence-corrected chi connectivity index (χ2v) is 6.76. The van der Waals surface area contributed by atoms with Crippen molar-refractivity contribution in [3.05, 3.63) is 36.0 Å². The molecule has 2 aromatic rings. The zero-order chi connectivity index (χ0) is 13.6. The summed E-state index contributed by atoms with van der Waals surface area (Å²) >= 11 is 0. The van der Waals surface area contributed by atoms with Crippen LogP contribution in [-0.2, 0) is 5.54 Å². The van der Waals surface area contributed by atoms with Gasteiger partial charge in [-0.15, -0.1) is 0 Å². The fraction of sp³-hybridized carbons (Fsp3) is 0.533. The monoisotopic (exact) mass is 245 g/mol. The maximum Gasteiger partial charge on any atom is 0.154 e. The summed E-state index contributed by atoms with van der Waals surface area (Å²) in [6.45, 7) is 13.0. The lowest BCUT2D eigenvalue weighted by molar-refractivity contribution is -0.739. The SMILES string of the molecule is CC(C)(C)[N-]c1c2ccccn2c[n+]1C(C)(C)C. The molecule has 0 radical (unpaired) electrons. The van der Waals surface area contributed by atoms with E-state index in [9.17, 15) is 0 Å². The molecule has 3 nitrogen and oxygen atoms in total. The molecule has 0 amide bonds. The largest absolute Gasteiger partial charge is 0.311 e. The van der Waals surface area contributed by atoms with Gasteiger partial charge in [0.25, 0.3) is 0 Å². The molecule has 0 saturated heterocycles. The van der Waals surface area contributed by atoms with Crippen LogP contribution in [0.3, 0.4) is 0 Å². The van der Waals surface area contributed by atoms with E-state index in [0.29, 0.717) is 0 Å². The zero-order valence-corrected chi connectivity index (χ0v) is 12.2. The lowest BCUT2D eigenvalue weighted by Gasteiger charge is -2.26. The van der Waals surface area contributed by atoms with E-state index in [1.54, 1.807) is 0 Å². The fourth-order valence-corrected chi connectivity index (χ4v) is 1.97. The Kier molecular flexibility index (Phi) is 2.88. The molecule has 0 atom stereocenters. The van der Waals surface area contributed by atoms with Gasteiger partial charge in [0.15, 0.2) is 5.82 Å². The Morgan fingerprint density at radius 1 is 1.06 bits per heavy atom. The molecular weight excluding hydrogens is 222 g/mol. The van der Waals surface area contributed by atoms with Crippen molar-refractivity contribution in [2.24, 2.45) is 0 Å². The Balaban J connectivity index is 2.66. The second-order valence-electron chi connectivity index (χ2n) is 6.76. The number of nitrogens with zero attached hydrogens (tertiary/aromatic N) is 3. The van der Waals surface area contributed by atoms with Gasteiger partial charge in [-0.3, -0.25) is 5.32 Å². The van der Waals surface area contributed by atoms with Gasteiger partial charge < -0.3 is 8.97 Å². The van der Waals surface area contributed by atoms with E-state index >= 15 is 0 Å². The van der Waals surface area contributed by atoms with Crippen LogP contribution in [-0.4, -0.2) is 9.94 Å². The van der Waals surface area contributed by atoms with Crippen molar-refractivity contribution in [2.75, 3.05) is 0 Å². The van der Waals surface area contributed by atoms with E-state index < -0.39 is 0 Å². The molecule has 0 N–H and O–H groups in total. The van der Waals surface area contributed by atoms with Crippen molar-refractivity contribution in [1.29, 1.82) is 0 Å². The minimum atomic E-state index is -0.0787. The first kappa shape index (κ1) is 12.9. The third-order valence-electron chi connectivity index (χ3n) is 2.75. The van der Waals surface area contributed by atoms with Crippen molar-refractivity contribution < 1.29 is 4.57 Å². The van der Waals surface area contributed by atoms with Crippen LogP contribution in [0.4, 0.5) is 5.82 Å². The first-order valence-corrected chi connectivity index (χ1v) is 6.43. The summed E-state index contributed by atoms with van der Waals surface area (Å²) in [7, 11) is 0. The molecule has 0 aliphatic heterocycles. The first-order chi connectivity index (χ1) is 8.18. The minimum Gasteiger partial charge on any atom is -0.311 e. The van der Waals surface area contributed by atoms with E-state index in [0.717, 1.165) is 11.3 Å². The highest BCUT2D eigenvalue weighted by atomic mass is 15.2. The van der Waals surface area contributed by atoms with E-state index in [4.69, 9.17) is 5.32 Å². The summed E-state index contributed by atoms with van der Waals surface area (Å²) in [6.07, 6.45) is 4.19. The summed E-state index contributed by atoms with van der Waals surface area (Å²) in [5.74, 6) is 1.05. The molecule has 0 fully saturated rings. The van der Waals surface area contributed by atoms with Gasteiger partial charge in [-0.05, 0) is 53.7 Å². The number of rotatable bonds is 1. The number of aromatic nitrogens is 2. The van der Waals surface area contributed by atoms with Crippen LogP contribution in [0.25, 0.3) is 10.8 Å². The third kappa shape index (κ3) is 2.50. The van der Waals surface area contributed by atoms with Crippen LogP contribution in [0.15, 0.2) is 30.7 Å². The Labute approximate surface area is 109 Å². The molecule has 18 heavy (non-hydrogen) atoms. The highest BCUT2D eigenvalue weighted by Crippen LogP contribution is 2.31. The fourth-order valence-electron chi connectivity index (χ4n) is 1.97. The molecule has 2 heterocycles. The van der Waals surface area contributed by atoms with Crippen molar-refractivity contribution in [1.82, 2.24) is 4.40 Å². The number of hydrogen-bond acceptors (Lipinski definition) is 0. The van der Waals surface area contributed by atoms with Crippen molar-refractivity contribution in [2.45, 2.75) is 52.6 Å². The molecule has 3 heteroatoms. The van der Waals surface area contributed by atoms with Crippen LogP contribution in [0.2, 0.25) is 0 Å². The van der Waals surface area contributed by atoms with E-state index in [1.807, 2.05) is 6.07 Å². The second kappa shape index (κ2) is 4.01. The van der Waals surface area contributed by atoms with Crippen LogP contribution in [0.5, 0.6) is 0 Å². The number of hydrogen-bond donors (Lipinski definition) is 0. The number of pyridine rings is 1. The summed E-state index contributed by atoms with van der Waals surface area (Å²) in [4.78, 5) is 0. The highest BCUT2D eigenvalue weighted by molar-refractivity contribution is 5.68. The Morgan fingerprint density at radius 3 is 2.28 bits per heavy atom. The maximum atomic E-state index is 4.89. The lowest BCUT2D eigenvalue weighted by Crippen LogP contribution is -2.49. The van der Waals surface area contributed by atoms with Gasteiger partial charge in [0.05, 0.1) is 17.4 Å². The van der Waals surface area contributed by atoms with Crippen molar-refractivity contribution in [3.8, 4) is 0 Å². The quantitative estimate of drug-likeness (QED) is 0.682. The van der Waals surface area contributed by atoms with Crippen LogP contribution >= 0.6 is 0 Å². The van der Waals surface area contributed by atoms with Gasteiger partial charge in [-0.1, -0.05) is 6.07 Å².